The highest BCUT2D eigenvalue weighted by atomic mass is 15.4. The molecule has 9 heavy (non-hydrogen) atoms. The second-order valence-electron chi connectivity index (χ2n) is 1.85. The number of nitrogens with zero attached hydrogens (tertiary/aromatic N) is 3. The van der Waals surface area contributed by atoms with Crippen LogP contribution in [0.4, 0.5) is 0 Å². The van der Waals surface area contributed by atoms with Crippen molar-refractivity contribution in [2.24, 2.45) is 5.84 Å². The van der Waals surface area contributed by atoms with Gasteiger partial charge in [-0.25, -0.2) is 5.01 Å². The molecule has 1 rings (SSSR count). The summed E-state index contributed by atoms with van der Waals surface area (Å²) in [7, 11) is 1.77. The molecule has 5 heteroatoms. The average molecular weight is 127 g/mol. The Kier molecular flexibility index (Phi) is 1.76. The van der Waals surface area contributed by atoms with E-state index in [0.29, 0.717) is 6.54 Å². The Labute approximate surface area is 52.8 Å². The molecule has 0 spiro atoms. The van der Waals surface area contributed by atoms with Crippen molar-refractivity contribution in [2.75, 3.05) is 7.05 Å². The molecule has 0 fully saturated rings. The molecular formula is C4H9N5. The monoisotopic (exact) mass is 127 g/mol. The van der Waals surface area contributed by atoms with Crippen molar-refractivity contribution in [3.8, 4) is 0 Å². The van der Waals surface area contributed by atoms with Gasteiger partial charge in [0.1, 0.15) is 12.2 Å². The minimum atomic E-state index is 0.597. The van der Waals surface area contributed by atoms with Gasteiger partial charge >= 0.3 is 0 Å². The maximum Gasteiger partial charge on any atom is 0.145 e. The van der Waals surface area contributed by atoms with Gasteiger partial charge in [0.15, 0.2) is 0 Å². The van der Waals surface area contributed by atoms with Crippen molar-refractivity contribution >= 4 is 0 Å². The van der Waals surface area contributed by atoms with E-state index >= 15 is 0 Å². The molecule has 0 saturated carbocycles. The van der Waals surface area contributed by atoms with Crippen molar-refractivity contribution in [1.29, 1.82) is 0 Å². The van der Waals surface area contributed by atoms with Gasteiger partial charge in [0.25, 0.3) is 0 Å². The van der Waals surface area contributed by atoms with Crippen molar-refractivity contribution < 1.29 is 0 Å². The molecule has 3 N–H and O–H groups in total. The van der Waals surface area contributed by atoms with Crippen LogP contribution in [0.5, 0.6) is 0 Å². The van der Waals surface area contributed by atoms with Crippen molar-refractivity contribution in [2.45, 2.75) is 6.54 Å². The standard InChI is InChI=1S/C4H9N5/c1-9(5)2-4-6-3-7-8-4/h3H,2,5H2,1H3,(H,6,7,8). The lowest BCUT2D eigenvalue weighted by Gasteiger charge is -2.04. The third kappa shape index (κ3) is 1.79. The summed E-state index contributed by atoms with van der Waals surface area (Å²) < 4.78 is 0. The Morgan fingerprint density at radius 3 is 3.11 bits per heavy atom. The van der Waals surface area contributed by atoms with Gasteiger partial charge < -0.3 is 4.98 Å². The predicted octanol–water partition coefficient (Wildman–Crippen LogP) is -0.890. The van der Waals surface area contributed by atoms with E-state index in [4.69, 9.17) is 5.84 Å². The third-order valence-corrected chi connectivity index (χ3v) is 0.867. The zero-order chi connectivity index (χ0) is 6.69. The molecule has 0 aliphatic rings. The normalized spacial score (nSPS) is 10.6. The van der Waals surface area contributed by atoms with Gasteiger partial charge in [-0.1, -0.05) is 0 Å². The van der Waals surface area contributed by atoms with Crippen LogP contribution in [0, 0.1) is 0 Å². The molecule has 0 unspecified atom stereocenters. The molecule has 50 valence electrons. The van der Waals surface area contributed by atoms with Crippen LogP contribution in [0.25, 0.3) is 0 Å². The van der Waals surface area contributed by atoms with Crippen LogP contribution in [0.15, 0.2) is 6.33 Å². The van der Waals surface area contributed by atoms with Crippen LogP contribution in [0.3, 0.4) is 0 Å². The maximum atomic E-state index is 5.33. The Morgan fingerprint density at radius 2 is 2.67 bits per heavy atom. The molecule has 1 aromatic heterocycles. The molecule has 0 amide bonds. The maximum absolute atomic E-state index is 5.33. The fourth-order valence-corrected chi connectivity index (χ4v) is 0.544. The summed E-state index contributed by atoms with van der Waals surface area (Å²) in [5.41, 5.74) is 0. The van der Waals surface area contributed by atoms with E-state index in [9.17, 15) is 0 Å². The highest BCUT2D eigenvalue weighted by Gasteiger charge is 1.95. The molecule has 1 heterocycles. The van der Waals surface area contributed by atoms with E-state index in [2.05, 4.69) is 15.2 Å². The van der Waals surface area contributed by atoms with Crippen LogP contribution in [-0.2, 0) is 6.54 Å². The van der Waals surface area contributed by atoms with Crippen LogP contribution in [-0.4, -0.2) is 27.2 Å². The lowest BCUT2D eigenvalue weighted by Crippen LogP contribution is -2.25. The summed E-state index contributed by atoms with van der Waals surface area (Å²) in [6.45, 7) is 0.597. The first-order valence-corrected chi connectivity index (χ1v) is 2.60. The topological polar surface area (TPSA) is 70.8 Å². The highest BCUT2D eigenvalue weighted by molar-refractivity contribution is 4.77. The number of aromatic nitrogens is 3. The summed E-state index contributed by atoms with van der Waals surface area (Å²) >= 11 is 0. The highest BCUT2D eigenvalue weighted by Crippen LogP contribution is 1.86. The molecule has 0 aromatic carbocycles. The Hall–Kier alpha value is -0.940. The lowest BCUT2D eigenvalue weighted by molar-refractivity contribution is 0.332. The van der Waals surface area contributed by atoms with Gasteiger partial charge in [-0.3, -0.25) is 5.84 Å². The SMILES string of the molecule is CN(N)Cc1nnc[nH]1. The summed E-state index contributed by atoms with van der Waals surface area (Å²) in [5, 5.41) is 8.84. The second kappa shape index (κ2) is 2.56. The van der Waals surface area contributed by atoms with Crippen LogP contribution >= 0.6 is 0 Å². The average Bonchev–Trinajstić information content (AvgIpc) is 2.15. The molecule has 0 atom stereocenters. The minimum Gasteiger partial charge on any atom is -0.330 e. The van der Waals surface area contributed by atoms with Gasteiger partial charge in [-0.05, 0) is 0 Å². The lowest BCUT2D eigenvalue weighted by atomic mass is 10.6. The number of nitrogens with two attached hydrogens (primary N) is 1. The summed E-state index contributed by atoms with van der Waals surface area (Å²) in [4.78, 5) is 2.82. The number of nitrogens with one attached hydrogen (secondary N) is 1. The number of hydrazine groups is 1. The second-order valence-corrected chi connectivity index (χ2v) is 1.85. The summed E-state index contributed by atoms with van der Waals surface area (Å²) in [6.07, 6.45) is 1.53. The van der Waals surface area contributed by atoms with Crippen molar-refractivity contribution in [3.05, 3.63) is 12.2 Å². The summed E-state index contributed by atoms with van der Waals surface area (Å²) in [6, 6.07) is 0. The van der Waals surface area contributed by atoms with Gasteiger partial charge in [0.05, 0.1) is 6.54 Å². The third-order valence-electron chi connectivity index (χ3n) is 0.867. The minimum absolute atomic E-state index is 0.597. The van der Waals surface area contributed by atoms with Crippen LogP contribution < -0.4 is 5.84 Å². The van der Waals surface area contributed by atoms with Crippen LogP contribution in [0.1, 0.15) is 5.82 Å². The van der Waals surface area contributed by atoms with E-state index < -0.39 is 0 Å². The van der Waals surface area contributed by atoms with Crippen LogP contribution in [0.2, 0.25) is 0 Å². The number of hydrogen-bond acceptors (Lipinski definition) is 4. The Bertz CT molecular complexity index is 155. The van der Waals surface area contributed by atoms with E-state index in [1.165, 1.54) is 11.3 Å². The number of aromatic amines is 1. The van der Waals surface area contributed by atoms with E-state index in [1.807, 2.05) is 0 Å². The van der Waals surface area contributed by atoms with Crippen molar-refractivity contribution in [3.63, 3.8) is 0 Å². The quantitative estimate of drug-likeness (QED) is 0.399. The number of hydrogen-bond donors (Lipinski definition) is 2. The molecular weight excluding hydrogens is 118 g/mol. The zero-order valence-corrected chi connectivity index (χ0v) is 5.20. The molecule has 5 nitrogen and oxygen atoms in total. The van der Waals surface area contributed by atoms with Gasteiger partial charge in [0.2, 0.25) is 0 Å². The zero-order valence-electron chi connectivity index (χ0n) is 5.20. The molecule has 1 aromatic rings. The molecule has 0 aliphatic carbocycles. The molecule has 0 radical (unpaired) electrons. The first kappa shape index (κ1) is 6.18. The van der Waals surface area contributed by atoms with Gasteiger partial charge in [-0.2, -0.15) is 0 Å². The van der Waals surface area contributed by atoms with E-state index in [-0.39, 0.29) is 0 Å². The molecule has 0 aliphatic heterocycles. The smallest absolute Gasteiger partial charge is 0.145 e. The molecule has 0 bridgehead atoms. The fourth-order valence-electron chi connectivity index (χ4n) is 0.544. The first-order valence-electron chi connectivity index (χ1n) is 2.60. The van der Waals surface area contributed by atoms with Gasteiger partial charge in [-0.15, -0.1) is 10.2 Å². The number of rotatable bonds is 2. The fraction of sp³-hybridized carbons (Fsp3) is 0.500. The largest absolute Gasteiger partial charge is 0.330 e. The summed E-state index contributed by atoms with van der Waals surface area (Å²) in [5.74, 6) is 6.11. The molecule has 0 saturated heterocycles. The van der Waals surface area contributed by atoms with E-state index in [1.54, 1.807) is 7.05 Å². The number of H-pyrrole nitrogens is 1. The van der Waals surface area contributed by atoms with Gasteiger partial charge in [0, 0.05) is 7.05 Å². The van der Waals surface area contributed by atoms with Crippen molar-refractivity contribution in [1.82, 2.24) is 20.2 Å². The van der Waals surface area contributed by atoms with E-state index in [0.717, 1.165) is 5.82 Å². The first-order chi connectivity index (χ1) is 4.29. The Balaban J connectivity index is 2.48. The Morgan fingerprint density at radius 1 is 1.89 bits per heavy atom. The predicted molar refractivity (Wildman–Crippen MR) is 32.0 cm³/mol.